The fourth-order valence-electron chi connectivity index (χ4n) is 3.34. The SMILES string of the molecule is O=[CH][Fe]([CH]=O)([CH]1C=CC=C1)[CH]1C=CC=C1.O=[CH][Fe]([CH]=O)([CH]1C=CC=C1)[CH]1C=CC=C1. The molecule has 4 nitrogen and oxygen atoms in total. The Bertz CT molecular complexity index is 733. The van der Waals surface area contributed by atoms with Gasteiger partial charge in [0.1, 0.15) is 0 Å². The van der Waals surface area contributed by atoms with E-state index >= 15 is 0 Å². The molecule has 0 atom stereocenters. The van der Waals surface area contributed by atoms with E-state index in [4.69, 9.17) is 0 Å². The normalized spacial score (nSPS) is 21.3. The number of hydrogen-bond donors (Lipinski definition) is 0. The third kappa shape index (κ3) is 4.10. The Morgan fingerprint density at radius 1 is 0.367 bits per heavy atom. The summed E-state index contributed by atoms with van der Waals surface area (Å²) >= 11 is -4.85. The fourth-order valence-corrected chi connectivity index (χ4v) is 9.76. The van der Waals surface area contributed by atoms with E-state index in [1.54, 1.807) is 0 Å². The molecule has 0 aromatic rings. The zero-order chi connectivity index (χ0) is 21.5. The number of hydrogen-bond acceptors (Lipinski definition) is 4. The third-order valence-electron chi connectivity index (χ3n) is 4.98. The molecule has 0 saturated carbocycles. The predicted octanol–water partition coefficient (Wildman–Crippen LogP) is 4.70. The summed E-state index contributed by atoms with van der Waals surface area (Å²) in [6, 6.07) is 0. The van der Waals surface area contributed by atoms with Crippen LogP contribution in [0.4, 0.5) is 0 Å². The molecule has 0 radical (unpaired) electrons. The Hall–Kier alpha value is -2.36. The van der Waals surface area contributed by atoms with Crippen LogP contribution >= 0.6 is 0 Å². The topological polar surface area (TPSA) is 68.3 Å². The molecule has 4 aliphatic rings. The molecule has 0 amide bonds. The average Bonchev–Trinajstić information content (AvgIpc) is 3.61. The number of carbonyl (C=O) groups excluding carboxylic acids is 4. The molecule has 0 saturated heterocycles. The van der Waals surface area contributed by atoms with Crippen LogP contribution in [0.2, 0.25) is 19.3 Å². The van der Waals surface area contributed by atoms with Crippen molar-refractivity contribution in [2.24, 2.45) is 0 Å². The fraction of sp³-hybridized carbons (Fsp3) is 0.167. The monoisotopic (exact) mass is 488 g/mol. The molecule has 160 valence electrons. The predicted molar refractivity (Wildman–Crippen MR) is 115 cm³/mol. The van der Waals surface area contributed by atoms with Crippen molar-refractivity contribution in [3.63, 3.8) is 0 Å². The molecule has 4 rings (SSSR count). The van der Waals surface area contributed by atoms with E-state index in [2.05, 4.69) is 0 Å². The Morgan fingerprint density at radius 2 is 0.533 bits per heavy atom. The van der Waals surface area contributed by atoms with Crippen LogP contribution in [-0.4, -0.2) is 20.7 Å². The molecule has 0 aromatic heterocycles. The molecule has 0 heterocycles. The van der Waals surface area contributed by atoms with Crippen LogP contribution in [0, 0.1) is 0 Å². The van der Waals surface area contributed by atoms with E-state index in [-0.39, 0.29) is 19.3 Å². The van der Waals surface area contributed by atoms with E-state index in [0.717, 1.165) is 20.7 Å². The average molecular weight is 488 g/mol. The Balaban J connectivity index is 0.000000171. The molecule has 0 fully saturated rings. The molecular formula is C24H24Fe2O4. The molecule has 0 spiro atoms. The summed E-state index contributed by atoms with van der Waals surface area (Å²) < 4.78 is 0. The first-order valence-electron chi connectivity index (χ1n) is 9.24. The molecule has 0 aliphatic heterocycles. The second kappa shape index (κ2) is 10.1. The van der Waals surface area contributed by atoms with Crippen LogP contribution < -0.4 is 0 Å². The van der Waals surface area contributed by atoms with Gasteiger partial charge >= 0.3 is 182 Å². The molecule has 4 aliphatic carbocycles. The number of carbonyl (C=O) groups is 4. The molecule has 0 aromatic carbocycles. The van der Waals surface area contributed by atoms with Gasteiger partial charge in [-0.25, -0.2) is 0 Å². The summed E-state index contributed by atoms with van der Waals surface area (Å²) in [4.78, 5) is 45.3. The standard InChI is InChI=1S/4C5H5.4CHO.2Fe/c4*1-2-4-5-3-1;4*1-2;;/h4*1-5H;4*1H;;. The molecular weight excluding hydrogens is 464 g/mol. The second-order valence-electron chi connectivity index (χ2n) is 6.54. The zero-order valence-electron chi connectivity index (χ0n) is 16.2. The van der Waals surface area contributed by atoms with Gasteiger partial charge in [0.15, 0.2) is 0 Å². The minimum absolute atomic E-state index is 0.00454. The van der Waals surface area contributed by atoms with Gasteiger partial charge in [-0.05, 0) is 0 Å². The van der Waals surface area contributed by atoms with Crippen LogP contribution in [0.3, 0.4) is 0 Å². The third-order valence-corrected chi connectivity index (χ3v) is 13.6. The van der Waals surface area contributed by atoms with Crippen LogP contribution in [0.25, 0.3) is 0 Å². The van der Waals surface area contributed by atoms with Gasteiger partial charge in [-0.15, -0.1) is 0 Å². The first-order chi connectivity index (χ1) is 14.7. The van der Waals surface area contributed by atoms with Crippen LogP contribution in [0.1, 0.15) is 0 Å². The van der Waals surface area contributed by atoms with E-state index in [9.17, 15) is 19.2 Å². The molecule has 0 unspecified atom stereocenters. The first-order valence-corrected chi connectivity index (χ1v) is 14.3. The van der Waals surface area contributed by atoms with E-state index in [1.165, 1.54) is 0 Å². The van der Waals surface area contributed by atoms with Crippen molar-refractivity contribution >= 4 is 20.7 Å². The Morgan fingerprint density at radius 3 is 0.667 bits per heavy atom. The quantitative estimate of drug-likeness (QED) is 0.367. The number of allylic oxidation sites excluding steroid dienone is 16. The van der Waals surface area contributed by atoms with Crippen LogP contribution in [-0.2, 0) is 44.9 Å². The van der Waals surface area contributed by atoms with Crippen molar-refractivity contribution in [3.8, 4) is 0 Å². The van der Waals surface area contributed by atoms with Crippen molar-refractivity contribution in [3.05, 3.63) is 97.2 Å². The van der Waals surface area contributed by atoms with Crippen molar-refractivity contribution < 1.29 is 44.9 Å². The van der Waals surface area contributed by atoms with Gasteiger partial charge in [-0.2, -0.15) is 0 Å². The summed E-state index contributed by atoms with van der Waals surface area (Å²) in [6.07, 6.45) is 30.8. The Kier molecular flexibility index (Phi) is 7.52. The summed E-state index contributed by atoms with van der Waals surface area (Å²) in [6.45, 7) is 0. The summed E-state index contributed by atoms with van der Waals surface area (Å²) in [5, 5.41) is 3.59. The molecule has 30 heavy (non-hydrogen) atoms. The van der Waals surface area contributed by atoms with E-state index in [0.29, 0.717) is 0 Å². The summed E-state index contributed by atoms with van der Waals surface area (Å²) in [5.41, 5.74) is 0. The molecule has 6 heteroatoms. The van der Waals surface area contributed by atoms with Gasteiger partial charge in [0.05, 0.1) is 0 Å². The zero-order valence-corrected chi connectivity index (χ0v) is 18.4. The van der Waals surface area contributed by atoms with Crippen molar-refractivity contribution in [1.29, 1.82) is 0 Å². The van der Waals surface area contributed by atoms with Gasteiger partial charge in [0, 0.05) is 0 Å². The van der Waals surface area contributed by atoms with Gasteiger partial charge in [-0.3, -0.25) is 0 Å². The molecule has 0 bridgehead atoms. The summed E-state index contributed by atoms with van der Waals surface area (Å²) in [5.74, 6) is 0. The maximum atomic E-state index is 11.3. The van der Waals surface area contributed by atoms with Crippen molar-refractivity contribution in [1.82, 2.24) is 0 Å². The minimum atomic E-state index is -2.42. The Labute approximate surface area is 181 Å². The van der Waals surface area contributed by atoms with Crippen LogP contribution in [0.5, 0.6) is 0 Å². The van der Waals surface area contributed by atoms with Gasteiger partial charge in [0.25, 0.3) is 0 Å². The van der Waals surface area contributed by atoms with E-state index < -0.39 is 25.7 Å². The van der Waals surface area contributed by atoms with Crippen molar-refractivity contribution in [2.45, 2.75) is 19.3 Å². The second-order valence-corrected chi connectivity index (χ2v) is 14.9. The van der Waals surface area contributed by atoms with Gasteiger partial charge in [0.2, 0.25) is 0 Å². The van der Waals surface area contributed by atoms with Crippen molar-refractivity contribution in [2.75, 3.05) is 0 Å². The van der Waals surface area contributed by atoms with E-state index in [1.807, 2.05) is 97.2 Å². The molecule has 0 N–H and O–H groups in total. The maximum absolute atomic E-state index is 11.3. The summed E-state index contributed by atoms with van der Waals surface area (Å²) in [7, 11) is 0. The van der Waals surface area contributed by atoms with Gasteiger partial charge < -0.3 is 0 Å². The number of rotatable bonds is 8. The first kappa shape index (κ1) is 22.3. The van der Waals surface area contributed by atoms with Gasteiger partial charge in [-0.1, -0.05) is 0 Å². The van der Waals surface area contributed by atoms with Crippen LogP contribution in [0.15, 0.2) is 97.2 Å².